The van der Waals surface area contributed by atoms with Gasteiger partial charge in [0.15, 0.2) is 0 Å². The summed E-state index contributed by atoms with van der Waals surface area (Å²) in [4.78, 5) is 9.93. The number of alkyl halides is 4. The molecule has 0 saturated heterocycles. The second kappa shape index (κ2) is 3.81. The standard InChI is InChI=1S/C3H2F4O4S/c4-1(3(5,6)7)2(8)11-12(9)10/h1H,(H,9,10). The Morgan fingerprint density at radius 2 is 1.92 bits per heavy atom. The van der Waals surface area contributed by atoms with Crippen LogP contribution < -0.4 is 0 Å². The molecule has 0 bridgehead atoms. The van der Waals surface area contributed by atoms with E-state index in [2.05, 4.69) is 4.18 Å². The van der Waals surface area contributed by atoms with Crippen LogP contribution >= 0.6 is 0 Å². The van der Waals surface area contributed by atoms with Crippen LogP contribution in [0.1, 0.15) is 0 Å². The van der Waals surface area contributed by atoms with Gasteiger partial charge in [0.05, 0.1) is 0 Å². The van der Waals surface area contributed by atoms with E-state index in [9.17, 15) is 26.6 Å². The van der Waals surface area contributed by atoms with Crippen molar-refractivity contribution in [3.8, 4) is 0 Å². The van der Waals surface area contributed by atoms with Crippen molar-refractivity contribution in [1.82, 2.24) is 0 Å². The maximum absolute atomic E-state index is 11.8. The van der Waals surface area contributed by atoms with Crippen molar-refractivity contribution in [3.63, 3.8) is 0 Å². The summed E-state index contributed by atoms with van der Waals surface area (Å²) in [6.45, 7) is 0. The minimum atomic E-state index is -5.42. The Hall–Kier alpha value is -0.700. The number of halogens is 4. The quantitative estimate of drug-likeness (QED) is 0.534. The lowest BCUT2D eigenvalue weighted by atomic mass is 10.4. The van der Waals surface area contributed by atoms with Gasteiger partial charge in [-0.05, 0) is 0 Å². The first-order valence-electron chi connectivity index (χ1n) is 2.29. The van der Waals surface area contributed by atoms with Gasteiger partial charge >= 0.3 is 23.5 Å². The predicted octanol–water partition coefficient (Wildman–Crippen LogP) is 0.567. The zero-order chi connectivity index (χ0) is 9.94. The lowest BCUT2D eigenvalue weighted by Crippen LogP contribution is -2.34. The Labute approximate surface area is 66.0 Å². The van der Waals surface area contributed by atoms with Crippen LogP contribution in [0.4, 0.5) is 17.6 Å². The monoisotopic (exact) mass is 210 g/mol. The molecule has 9 heteroatoms. The van der Waals surface area contributed by atoms with Gasteiger partial charge in [0.1, 0.15) is 0 Å². The molecular formula is C3H2F4O4S. The molecule has 72 valence electrons. The van der Waals surface area contributed by atoms with E-state index in [-0.39, 0.29) is 0 Å². The Morgan fingerprint density at radius 1 is 1.50 bits per heavy atom. The molecule has 0 heterocycles. The SMILES string of the molecule is O=C(OS(=O)O)C(F)C(F)(F)F. The summed E-state index contributed by atoms with van der Waals surface area (Å²) in [7, 11) is 0. The molecule has 0 saturated carbocycles. The molecule has 2 unspecified atom stereocenters. The average molecular weight is 210 g/mol. The van der Waals surface area contributed by atoms with E-state index in [1.807, 2.05) is 0 Å². The summed E-state index contributed by atoms with van der Waals surface area (Å²) in [6.07, 6.45) is -9.32. The van der Waals surface area contributed by atoms with E-state index in [0.717, 1.165) is 0 Å². The second-order valence-corrected chi connectivity index (χ2v) is 2.12. The summed E-state index contributed by atoms with van der Waals surface area (Å²) in [5.41, 5.74) is 0. The lowest BCUT2D eigenvalue weighted by Gasteiger charge is -2.08. The lowest BCUT2D eigenvalue weighted by molar-refractivity contribution is -0.194. The maximum atomic E-state index is 11.8. The van der Waals surface area contributed by atoms with Crippen LogP contribution in [0, 0.1) is 0 Å². The second-order valence-electron chi connectivity index (χ2n) is 1.52. The minimum Gasteiger partial charge on any atom is -0.340 e. The van der Waals surface area contributed by atoms with Crippen molar-refractivity contribution >= 4 is 17.3 Å². The zero-order valence-electron chi connectivity index (χ0n) is 5.17. The van der Waals surface area contributed by atoms with Crippen LogP contribution in [0.3, 0.4) is 0 Å². The van der Waals surface area contributed by atoms with Gasteiger partial charge in [0.25, 0.3) is 6.17 Å². The molecule has 0 aliphatic carbocycles. The van der Waals surface area contributed by atoms with Crippen molar-refractivity contribution in [3.05, 3.63) is 0 Å². The van der Waals surface area contributed by atoms with Gasteiger partial charge in [-0.15, -0.1) is 0 Å². The third-order valence-electron chi connectivity index (χ3n) is 0.648. The number of hydrogen-bond donors (Lipinski definition) is 1. The van der Waals surface area contributed by atoms with Crippen molar-refractivity contribution in [1.29, 1.82) is 0 Å². The number of carbonyl (C=O) groups is 1. The first-order valence-corrected chi connectivity index (χ1v) is 3.32. The first kappa shape index (κ1) is 11.3. The molecule has 0 fully saturated rings. The molecule has 1 N–H and O–H groups in total. The highest BCUT2D eigenvalue weighted by atomic mass is 32.2. The van der Waals surface area contributed by atoms with Gasteiger partial charge in [-0.1, -0.05) is 0 Å². The van der Waals surface area contributed by atoms with Crippen LogP contribution in [-0.2, 0) is 20.3 Å². The normalized spacial score (nSPS) is 16.8. The Morgan fingerprint density at radius 3 is 2.17 bits per heavy atom. The third-order valence-corrected chi connectivity index (χ3v) is 0.955. The van der Waals surface area contributed by atoms with Gasteiger partial charge in [-0.3, -0.25) is 4.55 Å². The topological polar surface area (TPSA) is 63.6 Å². The molecule has 0 aliphatic rings. The van der Waals surface area contributed by atoms with Crippen molar-refractivity contribution in [2.45, 2.75) is 12.3 Å². The molecule has 12 heavy (non-hydrogen) atoms. The Kier molecular flexibility index (Phi) is 3.58. The van der Waals surface area contributed by atoms with E-state index >= 15 is 0 Å². The van der Waals surface area contributed by atoms with Crippen LogP contribution in [0.2, 0.25) is 0 Å². The molecule has 0 rings (SSSR count). The number of rotatable bonds is 2. The van der Waals surface area contributed by atoms with Crippen LogP contribution in [-0.4, -0.2) is 27.1 Å². The van der Waals surface area contributed by atoms with E-state index in [4.69, 9.17) is 4.55 Å². The highest BCUT2D eigenvalue weighted by molar-refractivity contribution is 7.74. The fraction of sp³-hybridized carbons (Fsp3) is 0.667. The molecule has 4 nitrogen and oxygen atoms in total. The molecule has 0 radical (unpaired) electrons. The van der Waals surface area contributed by atoms with Crippen molar-refractivity contribution in [2.24, 2.45) is 0 Å². The van der Waals surface area contributed by atoms with E-state index in [1.165, 1.54) is 0 Å². The van der Waals surface area contributed by atoms with Crippen molar-refractivity contribution < 1.29 is 35.3 Å². The van der Waals surface area contributed by atoms with Gasteiger partial charge in [-0.25, -0.2) is 9.18 Å². The van der Waals surface area contributed by atoms with Gasteiger partial charge in [0, 0.05) is 0 Å². The van der Waals surface area contributed by atoms with Crippen LogP contribution in [0.15, 0.2) is 0 Å². The highest BCUT2D eigenvalue weighted by Gasteiger charge is 2.47. The van der Waals surface area contributed by atoms with Gasteiger partial charge < -0.3 is 4.18 Å². The predicted molar refractivity (Wildman–Crippen MR) is 27.8 cm³/mol. The largest absolute Gasteiger partial charge is 0.430 e. The summed E-state index contributed by atoms with van der Waals surface area (Å²) >= 11 is -3.24. The van der Waals surface area contributed by atoms with Crippen molar-refractivity contribution in [2.75, 3.05) is 0 Å². The Bertz CT molecular complexity index is 201. The van der Waals surface area contributed by atoms with E-state index in [0.29, 0.717) is 0 Å². The highest BCUT2D eigenvalue weighted by Crippen LogP contribution is 2.23. The molecular weight excluding hydrogens is 208 g/mol. The Balaban J connectivity index is 4.21. The third kappa shape index (κ3) is 3.62. The summed E-state index contributed by atoms with van der Waals surface area (Å²) in [5.74, 6) is -2.44. The molecule has 0 spiro atoms. The number of hydrogen-bond acceptors (Lipinski definition) is 3. The van der Waals surface area contributed by atoms with Crippen LogP contribution in [0.5, 0.6) is 0 Å². The van der Waals surface area contributed by atoms with Gasteiger partial charge in [-0.2, -0.15) is 17.4 Å². The maximum Gasteiger partial charge on any atom is 0.430 e. The number of carbonyl (C=O) groups excluding carboxylic acids is 1. The minimum absolute atomic E-state index is 2.44. The molecule has 0 aliphatic heterocycles. The zero-order valence-corrected chi connectivity index (χ0v) is 5.99. The van der Waals surface area contributed by atoms with E-state index in [1.54, 1.807) is 0 Å². The average Bonchev–Trinajstić information content (AvgIpc) is 1.82. The smallest absolute Gasteiger partial charge is 0.340 e. The fourth-order valence-electron chi connectivity index (χ4n) is 0.246. The first-order chi connectivity index (χ1) is 5.25. The summed E-state index contributed by atoms with van der Waals surface area (Å²) in [6, 6.07) is 0. The van der Waals surface area contributed by atoms with Gasteiger partial charge in [0.2, 0.25) is 0 Å². The van der Waals surface area contributed by atoms with Crippen LogP contribution in [0.25, 0.3) is 0 Å². The molecule has 0 aromatic heterocycles. The molecule has 0 aromatic carbocycles. The fourth-order valence-corrected chi connectivity index (χ4v) is 0.471. The molecule has 0 amide bonds. The molecule has 0 aromatic rings. The molecule has 2 atom stereocenters. The van der Waals surface area contributed by atoms with E-state index < -0.39 is 29.7 Å². The summed E-state index contributed by atoms with van der Waals surface area (Å²) < 4.78 is 66.0. The summed E-state index contributed by atoms with van der Waals surface area (Å²) in [5, 5.41) is 0.